The third kappa shape index (κ3) is 3.54. The van der Waals surface area contributed by atoms with Gasteiger partial charge < -0.3 is 4.74 Å². The van der Waals surface area contributed by atoms with E-state index < -0.39 is 0 Å². The van der Waals surface area contributed by atoms with Gasteiger partial charge in [-0.1, -0.05) is 30.3 Å². The molecule has 0 N–H and O–H groups in total. The van der Waals surface area contributed by atoms with Gasteiger partial charge >= 0.3 is 5.90 Å². The first-order valence-electron chi connectivity index (χ1n) is 4.83. The molecular weight excluding hydrogens is 190 g/mol. The third-order valence-electron chi connectivity index (χ3n) is 2.14. The minimum atomic E-state index is -0.00296. The molecule has 15 heavy (non-hydrogen) atoms. The normalized spacial score (nSPS) is 9.53. The summed E-state index contributed by atoms with van der Waals surface area (Å²) < 4.78 is 7.14. The van der Waals surface area contributed by atoms with E-state index >= 15 is 0 Å². The molecule has 0 saturated heterocycles. The molecule has 1 rings (SSSR count). The monoisotopic (exact) mass is 206 g/mol. The van der Waals surface area contributed by atoms with Crippen molar-refractivity contribution in [3.63, 3.8) is 0 Å². The maximum atomic E-state index is 11.6. The van der Waals surface area contributed by atoms with Gasteiger partial charge in [0.15, 0.2) is 12.4 Å². The van der Waals surface area contributed by atoms with Crippen molar-refractivity contribution in [1.29, 1.82) is 0 Å². The van der Waals surface area contributed by atoms with Crippen molar-refractivity contribution in [1.82, 2.24) is 0 Å². The van der Waals surface area contributed by atoms with Crippen molar-refractivity contribution < 1.29 is 14.1 Å². The van der Waals surface area contributed by atoms with Crippen LogP contribution in [0.2, 0.25) is 0 Å². The van der Waals surface area contributed by atoms with Gasteiger partial charge in [0, 0.05) is 5.56 Å². The Hall–Kier alpha value is -1.64. The van der Waals surface area contributed by atoms with E-state index in [1.54, 1.807) is 12.1 Å². The number of hydrogen-bond acceptors (Lipinski definition) is 2. The molecule has 3 heteroatoms. The van der Waals surface area contributed by atoms with Crippen LogP contribution >= 0.6 is 0 Å². The summed E-state index contributed by atoms with van der Waals surface area (Å²) >= 11 is 0. The number of nitrogens with zero attached hydrogens (tertiary/aromatic N) is 1. The van der Waals surface area contributed by atoms with Gasteiger partial charge in [-0.05, 0) is 0 Å². The van der Waals surface area contributed by atoms with Crippen molar-refractivity contribution in [3.05, 3.63) is 35.9 Å². The van der Waals surface area contributed by atoms with Crippen LogP contribution in [0.4, 0.5) is 0 Å². The molecule has 0 spiro atoms. The average molecular weight is 206 g/mol. The Morgan fingerprint density at radius 2 is 1.87 bits per heavy atom. The summed E-state index contributed by atoms with van der Waals surface area (Å²) in [5, 5.41) is 0. The van der Waals surface area contributed by atoms with Crippen molar-refractivity contribution in [2.24, 2.45) is 0 Å². The fourth-order valence-electron chi connectivity index (χ4n) is 1.01. The van der Waals surface area contributed by atoms with Crippen molar-refractivity contribution in [3.8, 4) is 0 Å². The summed E-state index contributed by atoms with van der Waals surface area (Å²) in [7, 11) is 3.75. The highest BCUT2D eigenvalue weighted by atomic mass is 16.5. The molecule has 0 bridgehead atoms. The SMILES string of the molecule is CC(OCC(=O)c1ccccc1)=[N+](C)C. The fraction of sp³-hybridized carbons (Fsp3) is 0.333. The first kappa shape index (κ1) is 11.4. The fourth-order valence-corrected chi connectivity index (χ4v) is 1.01. The molecule has 3 nitrogen and oxygen atoms in total. The molecule has 0 aliphatic heterocycles. The maximum Gasteiger partial charge on any atom is 0.333 e. The average Bonchev–Trinajstić information content (AvgIpc) is 2.26. The van der Waals surface area contributed by atoms with E-state index in [0.29, 0.717) is 5.56 Å². The number of carbonyl (C=O) groups is 1. The second-order valence-electron chi connectivity index (χ2n) is 3.49. The van der Waals surface area contributed by atoms with Gasteiger partial charge in [0.25, 0.3) is 0 Å². The molecule has 0 radical (unpaired) electrons. The Labute approximate surface area is 90.0 Å². The smallest absolute Gasteiger partial charge is 0.333 e. The molecular formula is C12H16NO2+. The number of benzene rings is 1. The molecule has 0 amide bonds. The predicted octanol–water partition coefficient (Wildman–Crippen LogP) is 1.58. The lowest BCUT2D eigenvalue weighted by atomic mass is 10.1. The first-order valence-corrected chi connectivity index (χ1v) is 4.83. The quantitative estimate of drug-likeness (QED) is 0.325. The van der Waals surface area contributed by atoms with E-state index in [9.17, 15) is 4.79 Å². The van der Waals surface area contributed by atoms with Gasteiger partial charge in [-0.2, -0.15) is 0 Å². The first-order chi connectivity index (χ1) is 7.11. The van der Waals surface area contributed by atoms with Gasteiger partial charge in [0.1, 0.15) is 14.1 Å². The number of hydrogen-bond donors (Lipinski definition) is 0. The van der Waals surface area contributed by atoms with Crippen LogP contribution in [0, 0.1) is 0 Å². The van der Waals surface area contributed by atoms with E-state index in [1.807, 2.05) is 43.8 Å². The minimum Gasteiger partial charge on any atom is -0.440 e. The Morgan fingerprint density at radius 1 is 1.27 bits per heavy atom. The molecule has 0 aliphatic rings. The van der Waals surface area contributed by atoms with Crippen LogP contribution in [0.3, 0.4) is 0 Å². The third-order valence-corrected chi connectivity index (χ3v) is 2.14. The van der Waals surface area contributed by atoms with Gasteiger partial charge in [-0.25, -0.2) is 4.58 Å². The zero-order valence-corrected chi connectivity index (χ0v) is 9.36. The maximum absolute atomic E-state index is 11.6. The summed E-state index contributed by atoms with van der Waals surface area (Å²) in [5.74, 6) is 0.732. The lowest BCUT2D eigenvalue weighted by Crippen LogP contribution is -2.18. The van der Waals surface area contributed by atoms with Crippen molar-refractivity contribution >= 4 is 11.7 Å². The van der Waals surface area contributed by atoms with E-state index in [4.69, 9.17) is 4.74 Å². The van der Waals surface area contributed by atoms with E-state index in [0.717, 1.165) is 5.90 Å². The lowest BCUT2D eigenvalue weighted by molar-refractivity contribution is -0.474. The van der Waals surface area contributed by atoms with Crippen LogP contribution in [-0.2, 0) is 4.74 Å². The van der Waals surface area contributed by atoms with Crippen LogP contribution < -0.4 is 0 Å². The molecule has 0 saturated carbocycles. The Balaban J connectivity index is 2.55. The number of rotatable bonds is 3. The Morgan fingerprint density at radius 3 is 2.40 bits per heavy atom. The minimum absolute atomic E-state index is 0.00296. The molecule has 80 valence electrons. The second kappa shape index (κ2) is 5.29. The highest BCUT2D eigenvalue weighted by Crippen LogP contribution is 2.00. The molecule has 0 aliphatic carbocycles. The highest BCUT2D eigenvalue weighted by molar-refractivity contribution is 5.97. The van der Waals surface area contributed by atoms with Crippen LogP contribution in [0.25, 0.3) is 0 Å². The van der Waals surface area contributed by atoms with Gasteiger partial charge in [0.2, 0.25) is 0 Å². The van der Waals surface area contributed by atoms with Crippen LogP contribution in [0.1, 0.15) is 17.3 Å². The lowest BCUT2D eigenvalue weighted by Gasteiger charge is -2.02. The second-order valence-corrected chi connectivity index (χ2v) is 3.49. The van der Waals surface area contributed by atoms with E-state index in [1.165, 1.54) is 0 Å². The summed E-state index contributed by atoms with van der Waals surface area (Å²) in [5.41, 5.74) is 0.684. The number of Topliss-reactive ketones (excluding diaryl/α,β-unsaturated/α-hetero) is 1. The molecule has 0 aromatic heterocycles. The molecule has 0 unspecified atom stereocenters. The number of ether oxygens (including phenoxy) is 1. The molecule has 1 aromatic rings. The van der Waals surface area contributed by atoms with Gasteiger partial charge in [-0.3, -0.25) is 4.79 Å². The van der Waals surface area contributed by atoms with Crippen LogP contribution in [-0.4, -0.2) is 37.0 Å². The standard InChI is InChI=1S/C12H16NO2/c1-10(13(2)3)15-9-12(14)11-7-5-4-6-8-11/h4-8H,9H2,1-3H3/q+1. The number of ketones is 1. The van der Waals surface area contributed by atoms with Crippen molar-refractivity contribution in [2.75, 3.05) is 20.7 Å². The molecule has 0 heterocycles. The molecule has 1 aromatic carbocycles. The van der Waals surface area contributed by atoms with Crippen LogP contribution in [0.5, 0.6) is 0 Å². The van der Waals surface area contributed by atoms with Gasteiger partial charge in [0.05, 0.1) is 6.92 Å². The summed E-state index contributed by atoms with van der Waals surface area (Å²) in [6, 6.07) is 9.15. The number of carbonyl (C=O) groups excluding carboxylic acids is 1. The zero-order chi connectivity index (χ0) is 11.3. The van der Waals surface area contributed by atoms with Crippen LogP contribution in [0.15, 0.2) is 30.3 Å². The summed E-state index contributed by atoms with van der Waals surface area (Å²) in [6.45, 7) is 1.92. The van der Waals surface area contributed by atoms with Crippen molar-refractivity contribution in [2.45, 2.75) is 6.92 Å². The molecule has 0 atom stereocenters. The Kier molecular flexibility index (Phi) is 4.03. The Bertz CT molecular complexity index is 364. The molecule has 0 fully saturated rings. The summed E-state index contributed by atoms with van der Waals surface area (Å²) in [6.07, 6.45) is 0. The highest BCUT2D eigenvalue weighted by Gasteiger charge is 2.08. The topological polar surface area (TPSA) is 29.3 Å². The zero-order valence-electron chi connectivity index (χ0n) is 9.36. The van der Waals surface area contributed by atoms with E-state index in [-0.39, 0.29) is 12.4 Å². The van der Waals surface area contributed by atoms with E-state index in [2.05, 4.69) is 0 Å². The van der Waals surface area contributed by atoms with Gasteiger partial charge in [-0.15, -0.1) is 0 Å². The summed E-state index contributed by atoms with van der Waals surface area (Å²) in [4.78, 5) is 11.6. The largest absolute Gasteiger partial charge is 0.440 e. The predicted molar refractivity (Wildman–Crippen MR) is 59.5 cm³/mol.